The summed E-state index contributed by atoms with van der Waals surface area (Å²) in [7, 11) is 0. The molecule has 0 fully saturated rings. The van der Waals surface area contributed by atoms with E-state index < -0.39 is 29.5 Å². The van der Waals surface area contributed by atoms with Crippen LogP contribution < -0.4 is 4.74 Å². The average Bonchev–Trinajstić information content (AvgIpc) is 2.62. The van der Waals surface area contributed by atoms with E-state index in [9.17, 15) is 18.4 Å². The lowest BCUT2D eigenvalue weighted by Crippen LogP contribution is -2.27. The summed E-state index contributed by atoms with van der Waals surface area (Å²) in [4.78, 5) is 24.4. The summed E-state index contributed by atoms with van der Waals surface area (Å²) in [5.74, 6) is -2.85. The van der Waals surface area contributed by atoms with Crippen LogP contribution in [0.2, 0.25) is 0 Å². The highest BCUT2D eigenvalue weighted by molar-refractivity contribution is 6.02. The zero-order chi connectivity index (χ0) is 18.0. The number of rotatable bonds is 4. The lowest BCUT2D eigenvalue weighted by atomic mass is 10.1. The molecule has 1 unspecified atom stereocenters. The minimum atomic E-state index is -1.14. The topological polar surface area (TPSA) is 52.6 Å². The van der Waals surface area contributed by atoms with Gasteiger partial charge >= 0.3 is 5.97 Å². The van der Waals surface area contributed by atoms with E-state index in [0.29, 0.717) is 5.75 Å². The largest absolute Gasteiger partial charge is 0.488 e. The van der Waals surface area contributed by atoms with Crippen molar-refractivity contribution in [3.63, 3.8) is 0 Å². The SMILES string of the molecule is CC(OC(=O)C1=Cc2ccccc2OC1)C(=O)c1ccc(F)c(F)c1. The van der Waals surface area contributed by atoms with Crippen molar-refractivity contribution in [1.82, 2.24) is 0 Å². The number of carbonyl (C=O) groups excluding carboxylic acids is 2. The number of benzene rings is 2. The Morgan fingerprint density at radius 2 is 1.88 bits per heavy atom. The normalized spacial score (nSPS) is 14.0. The molecule has 0 saturated carbocycles. The van der Waals surface area contributed by atoms with Gasteiger partial charge in [-0.3, -0.25) is 4.79 Å². The maximum absolute atomic E-state index is 13.2. The molecule has 0 N–H and O–H groups in total. The van der Waals surface area contributed by atoms with Crippen molar-refractivity contribution in [2.75, 3.05) is 6.61 Å². The Hall–Kier alpha value is -3.02. The molecule has 6 heteroatoms. The molecular weight excluding hydrogens is 330 g/mol. The first-order valence-corrected chi connectivity index (χ1v) is 7.58. The monoisotopic (exact) mass is 344 g/mol. The van der Waals surface area contributed by atoms with Crippen LogP contribution in [-0.4, -0.2) is 24.5 Å². The summed E-state index contributed by atoms with van der Waals surface area (Å²) >= 11 is 0. The predicted molar refractivity (Wildman–Crippen MR) is 86.2 cm³/mol. The maximum atomic E-state index is 13.2. The molecule has 128 valence electrons. The fraction of sp³-hybridized carbons (Fsp3) is 0.158. The van der Waals surface area contributed by atoms with Crippen LogP contribution in [0.25, 0.3) is 6.08 Å². The van der Waals surface area contributed by atoms with Gasteiger partial charge in [-0.2, -0.15) is 0 Å². The summed E-state index contributed by atoms with van der Waals surface area (Å²) in [5, 5.41) is 0. The van der Waals surface area contributed by atoms with Crippen LogP contribution in [0, 0.1) is 11.6 Å². The van der Waals surface area contributed by atoms with Gasteiger partial charge in [-0.25, -0.2) is 13.6 Å². The van der Waals surface area contributed by atoms with Crippen LogP contribution in [0.3, 0.4) is 0 Å². The minimum absolute atomic E-state index is 0.0297. The quantitative estimate of drug-likeness (QED) is 0.629. The third-order valence-electron chi connectivity index (χ3n) is 3.75. The van der Waals surface area contributed by atoms with Gasteiger partial charge in [0.05, 0.1) is 5.57 Å². The van der Waals surface area contributed by atoms with Crippen molar-refractivity contribution >= 4 is 17.8 Å². The molecule has 0 aromatic heterocycles. The molecule has 0 spiro atoms. The summed E-state index contributed by atoms with van der Waals surface area (Å²) in [6, 6.07) is 9.97. The second-order valence-corrected chi connectivity index (χ2v) is 5.54. The number of carbonyl (C=O) groups is 2. The number of Topliss-reactive ketones (excluding diaryl/α,β-unsaturated/α-hetero) is 1. The highest BCUT2D eigenvalue weighted by Gasteiger charge is 2.24. The Balaban J connectivity index is 1.71. The van der Waals surface area contributed by atoms with E-state index in [4.69, 9.17) is 9.47 Å². The summed E-state index contributed by atoms with van der Waals surface area (Å²) in [5.41, 5.74) is 0.933. The van der Waals surface area contributed by atoms with Crippen molar-refractivity contribution in [2.24, 2.45) is 0 Å². The number of fused-ring (bicyclic) bond motifs is 1. The fourth-order valence-corrected chi connectivity index (χ4v) is 2.41. The molecule has 0 bridgehead atoms. The lowest BCUT2D eigenvalue weighted by molar-refractivity contribution is -0.141. The standard InChI is InChI=1S/C19H14F2O4/c1-11(18(22)13-6-7-15(20)16(21)9-13)25-19(23)14-8-12-4-2-3-5-17(12)24-10-14/h2-9,11H,10H2,1H3. The number of ether oxygens (including phenoxy) is 2. The summed E-state index contributed by atoms with van der Waals surface area (Å²) < 4.78 is 36.8. The van der Waals surface area contributed by atoms with Crippen LogP contribution in [0.5, 0.6) is 5.75 Å². The second-order valence-electron chi connectivity index (χ2n) is 5.54. The number of esters is 1. The van der Waals surface area contributed by atoms with Crippen molar-refractivity contribution in [3.05, 3.63) is 70.8 Å². The van der Waals surface area contributed by atoms with Crippen LogP contribution in [0.1, 0.15) is 22.8 Å². The number of ketones is 1. The predicted octanol–water partition coefficient (Wildman–Crippen LogP) is 3.56. The molecule has 3 rings (SSSR count). The first-order valence-electron chi connectivity index (χ1n) is 7.58. The molecule has 0 saturated heterocycles. The van der Waals surface area contributed by atoms with Gasteiger partial charge in [-0.1, -0.05) is 18.2 Å². The van der Waals surface area contributed by atoms with E-state index in [2.05, 4.69) is 0 Å². The molecule has 1 aliphatic heterocycles. The van der Waals surface area contributed by atoms with Crippen LogP contribution in [-0.2, 0) is 9.53 Å². The Labute approximate surface area is 142 Å². The van der Waals surface area contributed by atoms with Gasteiger partial charge in [0.15, 0.2) is 17.7 Å². The van der Waals surface area contributed by atoms with Gasteiger partial charge in [0.2, 0.25) is 5.78 Å². The third kappa shape index (κ3) is 3.57. The first kappa shape index (κ1) is 16.8. The minimum Gasteiger partial charge on any atom is -0.488 e. The second kappa shape index (κ2) is 6.84. The molecule has 25 heavy (non-hydrogen) atoms. The Kier molecular flexibility index (Phi) is 4.61. The van der Waals surface area contributed by atoms with Crippen molar-refractivity contribution in [2.45, 2.75) is 13.0 Å². The molecule has 0 radical (unpaired) electrons. The van der Waals surface area contributed by atoms with Gasteiger partial charge in [-0.05, 0) is 37.3 Å². The van der Waals surface area contributed by atoms with E-state index >= 15 is 0 Å². The van der Waals surface area contributed by atoms with E-state index in [1.807, 2.05) is 12.1 Å². The van der Waals surface area contributed by atoms with E-state index in [1.54, 1.807) is 18.2 Å². The van der Waals surface area contributed by atoms with E-state index in [0.717, 1.165) is 23.8 Å². The first-order chi connectivity index (χ1) is 12.0. The average molecular weight is 344 g/mol. The highest BCUT2D eigenvalue weighted by Crippen LogP contribution is 2.26. The number of para-hydroxylation sites is 1. The maximum Gasteiger partial charge on any atom is 0.338 e. The van der Waals surface area contributed by atoms with E-state index in [-0.39, 0.29) is 17.7 Å². The van der Waals surface area contributed by atoms with Crippen LogP contribution >= 0.6 is 0 Å². The molecule has 0 aliphatic carbocycles. The van der Waals surface area contributed by atoms with Crippen molar-refractivity contribution < 1.29 is 27.8 Å². The number of hydrogen-bond donors (Lipinski definition) is 0. The Morgan fingerprint density at radius 3 is 2.64 bits per heavy atom. The Bertz CT molecular complexity index is 873. The molecule has 0 amide bonds. The zero-order valence-electron chi connectivity index (χ0n) is 13.3. The summed E-state index contributed by atoms with van der Waals surface area (Å²) in [6.07, 6.45) is 0.492. The van der Waals surface area contributed by atoms with Crippen LogP contribution in [0.15, 0.2) is 48.0 Å². The van der Waals surface area contributed by atoms with Gasteiger partial charge < -0.3 is 9.47 Å². The Morgan fingerprint density at radius 1 is 1.12 bits per heavy atom. The molecule has 2 aromatic rings. The molecule has 2 aromatic carbocycles. The summed E-state index contributed by atoms with van der Waals surface area (Å²) in [6.45, 7) is 1.40. The van der Waals surface area contributed by atoms with Gasteiger partial charge in [0, 0.05) is 11.1 Å². The van der Waals surface area contributed by atoms with Gasteiger partial charge in [0.1, 0.15) is 12.4 Å². The van der Waals surface area contributed by atoms with Crippen LogP contribution in [0.4, 0.5) is 8.78 Å². The molecular formula is C19H14F2O4. The van der Waals surface area contributed by atoms with Gasteiger partial charge in [0.25, 0.3) is 0 Å². The molecule has 4 nitrogen and oxygen atoms in total. The number of halogens is 2. The number of hydrogen-bond acceptors (Lipinski definition) is 4. The fourth-order valence-electron chi connectivity index (χ4n) is 2.41. The highest BCUT2D eigenvalue weighted by atomic mass is 19.2. The third-order valence-corrected chi connectivity index (χ3v) is 3.75. The van der Waals surface area contributed by atoms with Gasteiger partial charge in [-0.15, -0.1) is 0 Å². The lowest BCUT2D eigenvalue weighted by Gasteiger charge is -2.18. The van der Waals surface area contributed by atoms with E-state index in [1.165, 1.54) is 6.92 Å². The molecule has 1 aliphatic rings. The zero-order valence-corrected chi connectivity index (χ0v) is 13.3. The molecule has 1 atom stereocenters. The smallest absolute Gasteiger partial charge is 0.338 e. The van der Waals surface area contributed by atoms with Crippen molar-refractivity contribution in [1.29, 1.82) is 0 Å². The molecule has 1 heterocycles. The van der Waals surface area contributed by atoms with Crippen molar-refractivity contribution in [3.8, 4) is 5.75 Å².